The maximum atomic E-state index is 13.4. The summed E-state index contributed by atoms with van der Waals surface area (Å²) in [5.74, 6) is 6.97. The SMILES string of the molecule is Cc1cc(C)c(CNC(=O)c2cc(C#CC(C)(C)C)cc(NC(C)C3CCC(N(C)C)CC3)c2C)c(=O)[nH]1. The highest BCUT2D eigenvalue weighted by Crippen LogP contribution is 2.31. The zero-order valence-corrected chi connectivity index (χ0v) is 24.8. The van der Waals surface area contributed by atoms with Gasteiger partial charge in [0.1, 0.15) is 0 Å². The molecular formula is C32H46N4O2. The Morgan fingerprint density at radius 2 is 1.76 bits per heavy atom. The van der Waals surface area contributed by atoms with E-state index in [4.69, 9.17) is 0 Å². The number of rotatable bonds is 7. The van der Waals surface area contributed by atoms with Gasteiger partial charge in [-0.3, -0.25) is 9.59 Å². The quantitative estimate of drug-likeness (QED) is 0.420. The Morgan fingerprint density at radius 3 is 2.34 bits per heavy atom. The van der Waals surface area contributed by atoms with Gasteiger partial charge in [-0.2, -0.15) is 0 Å². The molecule has 1 saturated carbocycles. The van der Waals surface area contributed by atoms with E-state index in [1.54, 1.807) is 0 Å². The largest absolute Gasteiger partial charge is 0.382 e. The number of carbonyl (C=O) groups is 1. The van der Waals surface area contributed by atoms with Gasteiger partial charge in [0.05, 0.1) is 0 Å². The fraction of sp³-hybridized carbons (Fsp3) is 0.562. The first kappa shape index (κ1) is 29.5. The van der Waals surface area contributed by atoms with Crippen molar-refractivity contribution >= 4 is 11.6 Å². The molecule has 0 radical (unpaired) electrons. The summed E-state index contributed by atoms with van der Waals surface area (Å²) >= 11 is 0. The van der Waals surface area contributed by atoms with E-state index in [9.17, 15) is 9.59 Å². The smallest absolute Gasteiger partial charge is 0.253 e. The Bertz CT molecular complexity index is 1270. The predicted octanol–water partition coefficient (Wildman–Crippen LogP) is 5.55. The van der Waals surface area contributed by atoms with Crippen LogP contribution in [0.4, 0.5) is 5.69 Å². The van der Waals surface area contributed by atoms with Crippen molar-refractivity contribution in [3.8, 4) is 11.8 Å². The molecule has 1 aliphatic rings. The summed E-state index contributed by atoms with van der Waals surface area (Å²) in [5, 5.41) is 6.72. The molecule has 3 rings (SSSR count). The summed E-state index contributed by atoms with van der Waals surface area (Å²) in [6, 6.07) is 6.81. The van der Waals surface area contributed by atoms with Crippen LogP contribution in [-0.2, 0) is 6.54 Å². The zero-order valence-electron chi connectivity index (χ0n) is 24.8. The maximum Gasteiger partial charge on any atom is 0.253 e. The maximum absolute atomic E-state index is 13.4. The second-order valence-corrected chi connectivity index (χ2v) is 12.3. The lowest BCUT2D eigenvalue weighted by molar-refractivity contribution is 0.0950. The number of pyridine rings is 1. The van der Waals surface area contributed by atoms with Gasteiger partial charge in [0.15, 0.2) is 0 Å². The van der Waals surface area contributed by atoms with Crippen molar-refractivity contribution in [3.63, 3.8) is 0 Å². The molecule has 0 spiro atoms. The molecule has 1 fully saturated rings. The minimum absolute atomic E-state index is 0.150. The molecule has 206 valence electrons. The van der Waals surface area contributed by atoms with Crippen LogP contribution < -0.4 is 16.2 Å². The number of aromatic nitrogens is 1. The Labute approximate surface area is 229 Å². The van der Waals surface area contributed by atoms with Crippen LogP contribution in [0.25, 0.3) is 0 Å². The summed E-state index contributed by atoms with van der Waals surface area (Å²) < 4.78 is 0. The number of anilines is 1. The standard InChI is InChI=1S/C32H46N4O2/c1-20-16-21(2)34-31(38)28(20)19-33-30(37)27-17-24(14-15-32(5,6)7)18-29(22(27)3)35-23(4)25-10-12-26(13-11-25)36(8)9/h16-18,23,25-26,35H,10-13,19H2,1-9H3,(H,33,37)(H,34,38). The van der Waals surface area contributed by atoms with Gasteiger partial charge in [0.25, 0.3) is 11.5 Å². The molecule has 6 nitrogen and oxygen atoms in total. The number of aryl methyl sites for hydroxylation is 2. The summed E-state index contributed by atoms with van der Waals surface area (Å²) in [5.41, 5.74) is 5.17. The molecule has 1 atom stereocenters. The highest BCUT2D eigenvalue weighted by atomic mass is 16.1. The molecule has 1 aromatic carbocycles. The number of aromatic amines is 1. The highest BCUT2D eigenvalue weighted by molar-refractivity contribution is 5.97. The topological polar surface area (TPSA) is 77.2 Å². The van der Waals surface area contributed by atoms with Crippen LogP contribution in [0.3, 0.4) is 0 Å². The molecule has 2 aromatic rings. The lowest BCUT2D eigenvalue weighted by atomic mass is 9.81. The average Bonchev–Trinajstić information content (AvgIpc) is 2.83. The van der Waals surface area contributed by atoms with Gasteiger partial charge in [-0.05, 0) is 123 Å². The number of carbonyl (C=O) groups excluding carboxylic acids is 1. The van der Waals surface area contributed by atoms with Crippen molar-refractivity contribution < 1.29 is 4.79 Å². The molecule has 0 saturated heterocycles. The Kier molecular flexibility index (Phi) is 9.49. The molecule has 1 heterocycles. The second kappa shape index (κ2) is 12.2. The van der Waals surface area contributed by atoms with Crippen LogP contribution in [0.2, 0.25) is 0 Å². The van der Waals surface area contributed by atoms with Gasteiger partial charge >= 0.3 is 0 Å². The van der Waals surface area contributed by atoms with E-state index in [2.05, 4.69) is 80.2 Å². The summed E-state index contributed by atoms with van der Waals surface area (Å²) in [7, 11) is 4.34. The number of nitrogens with zero attached hydrogens (tertiary/aromatic N) is 1. The first-order valence-electron chi connectivity index (χ1n) is 13.8. The first-order valence-corrected chi connectivity index (χ1v) is 13.8. The minimum atomic E-state index is -0.205. The fourth-order valence-corrected chi connectivity index (χ4v) is 5.28. The van der Waals surface area contributed by atoms with E-state index < -0.39 is 0 Å². The number of hydrogen-bond donors (Lipinski definition) is 3. The average molecular weight is 519 g/mol. The van der Waals surface area contributed by atoms with E-state index in [-0.39, 0.29) is 29.5 Å². The summed E-state index contributed by atoms with van der Waals surface area (Å²) in [6.07, 6.45) is 4.81. The third-order valence-electron chi connectivity index (χ3n) is 7.72. The van der Waals surface area contributed by atoms with Crippen molar-refractivity contribution in [1.82, 2.24) is 15.2 Å². The molecule has 1 unspecified atom stereocenters. The van der Waals surface area contributed by atoms with Crippen LogP contribution in [-0.4, -0.2) is 42.0 Å². The van der Waals surface area contributed by atoms with Crippen molar-refractivity contribution in [3.05, 3.63) is 62.1 Å². The van der Waals surface area contributed by atoms with Crippen molar-refractivity contribution in [2.45, 2.75) is 92.8 Å². The molecular weight excluding hydrogens is 472 g/mol. The van der Waals surface area contributed by atoms with Gasteiger partial charge in [-0.15, -0.1) is 0 Å². The monoisotopic (exact) mass is 518 g/mol. The fourth-order valence-electron chi connectivity index (χ4n) is 5.28. The van der Waals surface area contributed by atoms with E-state index in [1.165, 1.54) is 25.7 Å². The van der Waals surface area contributed by atoms with Gasteiger partial charge in [0, 0.05) is 52.1 Å². The Balaban J connectivity index is 1.86. The van der Waals surface area contributed by atoms with Crippen LogP contribution in [0.5, 0.6) is 0 Å². The predicted molar refractivity (Wildman–Crippen MR) is 158 cm³/mol. The molecule has 1 aromatic heterocycles. The minimum Gasteiger partial charge on any atom is -0.382 e. The normalized spacial score (nSPS) is 18.5. The van der Waals surface area contributed by atoms with E-state index in [0.717, 1.165) is 28.1 Å². The second-order valence-electron chi connectivity index (χ2n) is 12.3. The number of benzene rings is 1. The molecule has 0 aliphatic heterocycles. The highest BCUT2D eigenvalue weighted by Gasteiger charge is 2.27. The Morgan fingerprint density at radius 1 is 1.11 bits per heavy atom. The third kappa shape index (κ3) is 7.74. The Hall–Kier alpha value is -3.04. The molecule has 1 aliphatic carbocycles. The van der Waals surface area contributed by atoms with E-state index in [0.29, 0.717) is 23.1 Å². The number of H-pyrrole nitrogens is 1. The lowest BCUT2D eigenvalue weighted by Gasteiger charge is -2.36. The van der Waals surface area contributed by atoms with Crippen LogP contribution >= 0.6 is 0 Å². The molecule has 0 bridgehead atoms. The van der Waals surface area contributed by atoms with E-state index in [1.807, 2.05) is 32.9 Å². The van der Waals surface area contributed by atoms with Crippen molar-refractivity contribution in [1.29, 1.82) is 0 Å². The van der Waals surface area contributed by atoms with Crippen molar-refractivity contribution in [2.24, 2.45) is 11.3 Å². The molecule has 3 N–H and O–H groups in total. The number of hydrogen-bond acceptors (Lipinski definition) is 4. The van der Waals surface area contributed by atoms with Crippen molar-refractivity contribution in [2.75, 3.05) is 19.4 Å². The van der Waals surface area contributed by atoms with E-state index >= 15 is 0 Å². The number of nitrogens with one attached hydrogen (secondary N) is 3. The zero-order chi connectivity index (χ0) is 28.2. The summed E-state index contributed by atoms with van der Waals surface area (Å²) in [4.78, 5) is 31.0. The van der Waals surface area contributed by atoms with Crippen LogP contribution in [0.15, 0.2) is 23.0 Å². The molecule has 6 heteroatoms. The van der Waals surface area contributed by atoms with Gasteiger partial charge in [-0.1, -0.05) is 11.8 Å². The van der Waals surface area contributed by atoms with Gasteiger partial charge in [-0.25, -0.2) is 0 Å². The third-order valence-corrected chi connectivity index (χ3v) is 7.72. The van der Waals surface area contributed by atoms with Gasteiger partial charge in [0.2, 0.25) is 0 Å². The number of amides is 1. The summed E-state index contributed by atoms with van der Waals surface area (Å²) in [6.45, 7) is 14.4. The molecule has 38 heavy (non-hydrogen) atoms. The molecule has 1 amide bonds. The van der Waals surface area contributed by atoms with Crippen LogP contribution in [0, 0.1) is 43.9 Å². The lowest BCUT2D eigenvalue weighted by Crippen LogP contribution is -2.36. The first-order chi connectivity index (χ1) is 17.7. The van der Waals surface area contributed by atoms with Gasteiger partial charge < -0.3 is 20.5 Å². The van der Waals surface area contributed by atoms with Crippen LogP contribution in [0.1, 0.15) is 91.7 Å².